The maximum Gasteiger partial charge on any atom is 0.338 e. The lowest BCUT2D eigenvalue weighted by atomic mass is 10.2. The number of carbonyl (C=O) groups excluding carboxylic acids is 2. The molecule has 0 aliphatic rings. The number of esters is 1. The van der Waals surface area contributed by atoms with Gasteiger partial charge in [0.1, 0.15) is 0 Å². The summed E-state index contributed by atoms with van der Waals surface area (Å²) in [5.41, 5.74) is 2.95. The summed E-state index contributed by atoms with van der Waals surface area (Å²) < 4.78 is 6.56. The van der Waals surface area contributed by atoms with E-state index < -0.39 is 11.2 Å². The summed E-state index contributed by atoms with van der Waals surface area (Å²) in [5.74, 6) is -0.588. The highest BCUT2D eigenvalue weighted by Gasteiger charge is 2.19. The number of hydrogen-bond acceptors (Lipinski definition) is 7. The molecule has 1 N–H and O–H groups in total. The number of thioether (sulfide) groups is 1. The van der Waals surface area contributed by atoms with Crippen molar-refractivity contribution in [1.29, 1.82) is 0 Å². The number of carbonyl (C=O) groups is 2. The molecule has 0 bridgehead atoms. The summed E-state index contributed by atoms with van der Waals surface area (Å²) in [6, 6.07) is 14.4. The fourth-order valence-electron chi connectivity index (χ4n) is 2.53. The second-order valence-electron chi connectivity index (χ2n) is 6.26. The molecule has 0 saturated carbocycles. The van der Waals surface area contributed by atoms with Gasteiger partial charge in [0.05, 0.1) is 23.1 Å². The molecule has 8 nitrogen and oxygen atoms in total. The van der Waals surface area contributed by atoms with Gasteiger partial charge in [-0.15, -0.1) is 5.10 Å². The Balaban J connectivity index is 1.65. The van der Waals surface area contributed by atoms with Gasteiger partial charge in [-0.3, -0.25) is 4.79 Å². The van der Waals surface area contributed by atoms with Gasteiger partial charge in [-0.25, -0.2) is 4.79 Å². The molecule has 1 atom stereocenters. The summed E-state index contributed by atoms with van der Waals surface area (Å²) in [5, 5.41) is 14.7. The largest absolute Gasteiger partial charge is 0.462 e. The monoisotopic (exact) mass is 411 g/mol. The van der Waals surface area contributed by atoms with Crippen LogP contribution >= 0.6 is 11.8 Å². The Bertz CT molecular complexity index is 1000. The number of aryl methyl sites for hydroxylation is 1. The SMILES string of the molecule is CCOC(=O)c1ccc(NC(=O)C(C)Sc2nnnn2-c2cccc(C)c2)cc1. The van der Waals surface area contributed by atoms with Gasteiger partial charge in [-0.05, 0) is 73.2 Å². The Kier molecular flexibility index (Phi) is 6.61. The second-order valence-corrected chi connectivity index (χ2v) is 7.57. The van der Waals surface area contributed by atoms with Crippen LogP contribution in [0.15, 0.2) is 53.7 Å². The number of amides is 1. The molecule has 0 aliphatic heterocycles. The number of tetrazole rings is 1. The van der Waals surface area contributed by atoms with Crippen molar-refractivity contribution < 1.29 is 14.3 Å². The summed E-state index contributed by atoms with van der Waals surface area (Å²) in [6.45, 7) is 5.83. The fraction of sp³-hybridized carbons (Fsp3) is 0.250. The van der Waals surface area contributed by atoms with E-state index >= 15 is 0 Å². The third kappa shape index (κ3) is 5.20. The molecule has 1 unspecified atom stereocenters. The van der Waals surface area contributed by atoms with Crippen LogP contribution in [0.1, 0.15) is 29.8 Å². The van der Waals surface area contributed by atoms with Crippen LogP contribution in [0.4, 0.5) is 5.69 Å². The number of aromatic nitrogens is 4. The number of hydrogen-bond donors (Lipinski definition) is 1. The van der Waals surface area contributed by atoms with Gasteiger partial charge in [-0.2, -0.15) is 4.68 Å². The van der Waals surface area contributed by atoms with Gasteiger partial charge in [0.25, 0.3) is 0 Å². The molecule has 0 radical (unpaired) electrons. The lowest BCUT2D eigenvalue weighted by Gasteiger charge is -2.12. The van der Waals surface area contributed by atoms with Crippen LogP contribution in [0.25, 0.3) is 5.69 Å². The van der Waals surface area contributed by atoms with Gasteiger partial charge in [0.2, 0.25) is 11.1 Å². The number of anilines is 1. The zero-order chi connectivity index (χ0) is 20.8. The van der Waals surface area contributed by atoms with Crippen molar-refractivity contribution in [3.05, 3.63) is 59.7 Å². The molecule has 0 fully saturated rings. The van der Waals surface area contributed by atoms with Crippen molar-refractivity contribution in [1.82, 2.24) is 20.2 Å². The Morgan fingerprint density at radius 1 is 1.21 bits per heavy atom. The molecular formula is C20H21N5O3S. The van der Waals surface area contributed by atoms with Crippen LogP contribution < -0.4 is 5.32 Å². The molecule has 0 aliphatic carbocycles. The maximum absolute atomic E-state index is 12.6. The predicted molar refractivity (Wildman–Crippen MR) is 110 cm³/mol. The number of benzene rings is 2. The first kappa shape index (κ1) is 20.5. The van der Waals surface area contributed by atoms with Gasteiger partial charge < -0.3 is 10.1 Å². The van der Waals surface area contributed by atoms with Gasteiger partial charge >= 0.3 is 5.97 Å². The molecule has 29 heavy (non-hydrogen) atoms. The van der Waals surface area contributed by atoms with Crippen LogP contribution in [0.3, 0.4) is 0 Å². The highest BCUT2D eigenvalue weighted by molar-refractivity contribution is 8.00. The van der Waals surface area contributed by atoms with Gasteiger partial charge in [-0.1, -0.05) is 23.9 Å². The number of nitrogens with one attached hydrogen (secondary N) is 1. The van der Waals surface area contributed by atoms with E-state index in [9.17, 15) is 9.59 Å². The fourth-order valence-corrected chi connectivity index (χ4v) is 3.34. The van der Waals surface area contributed by atoms with Gasteiger partial charge in [0, 0.05) is 5.69 Å². The average molecular weight is 411 g/mol. The highest BCUT2D eigenvalue weighted by atomic mass is 32.2. The van der Waals surface area contributed by atoms with Crippen LogP contribution in [0, 0.1) is 6.92 Å². The van der Waals surface area contributed by atoms with Crippen molar-refractivity contribution >= 4 is 29.3 Å². The zero-order valence-electron chi connectivity index (χ0n) is 16.3. The van der Waals surface area contributed by atoms with E-state index in [0.29, 0.717) is 23.0 Å². The Morgan fingerprint density at radius 2 is 1.97 bits per heavy atom. The molecule has 3 rings (SSSR count). The van der Waals surface area contributed by atoms with Crippen molar-refractivity contribution in [3.8, 4) is 5.69 Å². The summed E-state index contributed by atoms with van der Waals surface area (Å²) >= 11 is 1.26. The first-order valence-corrected chi connectivity index (χ1v) is 9.96. The molecule has 1 amide bonds. The number of ether oxygens (including phenoxy) is 1. The zero-order valence-corrected chi connectivity index (χ0v) is 17.1. The molecule has 150 valence electrons. The third-order valence-corrected chi connectivity index (χ3v) is 5.04. The van der Waals surface area contributed by atoms with Crippen molar-refractivity contribution in [3.63, 3.8) is 0 Å². The number of rotatable bonds is 7. The quantitative estimate of drug-likeness (QED) is 0.470. The minimum atomic E-state index is -0.436. The van der Waals surface area contributed by atoms with E-state index in [2.05, 4.69) is 20.8 Å². The summed E-state index contributed by atoms with van der Waals surface area (Å²) in [7, 11) is 0. The van der Waals surface area contributed by atoms with E-state index in [1.807, 2.05) is 31.2 Å². The van der Waals surface area contributed by atoms with Crippen LogP contribution in [0.2, 0.25) is 0 Å². The van der Waals surface area contributed by atoms with E-state index in [1.165, 1.54) is 11.8 Å². The molecular weight excluding hydrogens is 390 g/mol. The van der Waals surface area contributed by atoms with Crippen molar-refractivity contribution in [2.75, 3.05) is 11.9 Å². The molecule has 1 aromatic heterocycles. The predicted octanol–water partition coefficient (Wildman–Crippen LogP) is 3.27. The molecule has 2 aromatic carbocycles. The minimum absolute atomic E-state index is 0.197. The van der Waals surface area contributed by atoms with Crippen LogP contribution in [-0.2, 0) is 9.53 Å². The lowest BCUT2D eigenvalue weighted by Crippen LogP contribution is -2.23. The van der Waals surface area contributed by atoms with E-state index in [1.54, 1.807) is 42.8 Å². The second kappa shape index (κ2) is 9.33. The maximum atomic E-state index is 12.6. The number of nitrogens with zero attached hydrogens (tertiary/aromatic N) is 4. The van der Waals surface area contributed by atoms with Crippen LogP contribution in [-0.4, -0.2) is 43.9 Å². The average Bonchev–Trinajstić information content (AvgIpc) is 3.16. The first-order chi connectivity index (χ1) is 14.0. The van der Waals surface area contributed by atoms with Crippen LogP contribution in [0.5, 0.6) is 0 Å². The summed E-state index contributed by atoms with van der Waals surface area (Å²) in [4.78, 5) is 24.3. The van der Waals surface area contributed by atoms with Gasteiger partial charge in [0.15, 0.2) is 0 Å². The van der Waals surface area contributed by atoms with E-state index in [4.69, 9.17) is 4.74 Å². The summed E-state index contributed by atoms with van der Waals surface area (Å²) in [6.07, 6.45) is 0. The smallest absolute Gasteiger partial charge is 0.338 e. The topological polar surface area (TPSA) is 99.0 Å². The van der Waals surface area contributed by atoms with Crippen molar-refractivity contribution in [2.45, 2.75) is 31.2 Å². The third-order valence-electron chi connectivity index (χ3n) is 4.00. The minimum Gasteiger partial charge on any atom is -0.462 e. The normalized spacial score (nSPS) is 11.7. The Morgan fingerprint density at radius 3 is 2.66 bits per heavy atom. The molecule has 1 heterocycles. The Labute approximate surface area is 172 Å². The Hall–Kier alpha value is -3.20. The highest BCUT2D eigenvalue weighted by Crippen LogP contribution is 2.24. The molecule has 3 aromatic rings. The standard InChI is InChI=1S/C20H21N5O3S/c1-4-28-19(27)15-8-10-16(11-9-15)21-18(26)14(3)29-20-22-23-24-25(20)17-7-5-6-13(2)12-17/h5-12,14H,4H2,1-3H3,(H,21,26). The first-order valence-electron chi connectivity index (χ1n) is 9.08. The molecule has 0 saturated heterocycles. The van der Waals surface area contributed by atoms with Crippen molar-refractivity contribution in [2.24, 2.45) is 0 Å². The van der Waals surface area contributed by atoms with E-state index in [0.717, 1.165) is 11.3 Å². The van der Waals surface area contributed by atoms with E-state index in [-0.39, 0.29) is 5.91 Å². The molecule has 9 heteroatoms. The lowest BCUT2D eigenvalue weighted by molar-refractivity contribution is -0.115. The molecule has 0 spiro atoms.